The predicted molar refractivity (Wildman–Crippen MR) is 258 cm³/mol. The molecule has 3 heterocycles. The van der Waals surface area contributed by atoms with E-state index in [2.05, 4.69) is 67.8 Å². The molecule has 12 N–H and O–H groups in total. The number of nitrogens with one attached hydrogen (secondary N) is 1. The number of carbonyl (C=O) groups is 1. The first-order valence-corrected chi connectivity index (χ1v) is 25.5. The third-order valence-electron chi connectivity index (χ3n) is 12.6. The van der Waals surface area contributed by atoms with Gasteiger partial charge >= 0.3 is 0 Å². The summed E-state index contributed by atoms with van der Waals surface area (Å²) in [6.07, 6.45) is 9.61. The molecule has 17 unspecified atom stereocenters. The highest BCUT2D eigenvalue weighted by Gasteiger charge is 2.53. The second-order valence-electron chi connectivity index (χ2n) is 18.2. The minimum Gasteiger partial charge on any atom is -0.394 e. The number of carbonyl (C=O) groups excluding carboxylic acids is 1. The molecule has 0 aromatic heterocycles. The van der Waals surface area contributed by atoms with Gasteiger partial charge in [-0.1, -0.05) is 120 Å². The number of hydrogen-bond donors (Lipinski definition) is 12. The molecule has 0 spiro atoms. The quantitative estimate of drug-likeness (QED) is 0.0323. The van der Waals surface area contributed by atoms with Gasteiger partial charge in [0.1, 0.15) is 73.2 Å². The fourth-order valence-electron chi connectivity index (χ4n) is 8.30. The summed E-state index contributed by atoms with van der Waals surface area (Å²) in [5.74, 6) is -0.307. The minimum atomic E-state index is -1.98. The number of unbranched alkanes of at least 4 members (excludes halogenated alkanes) is 10. The number of aliphatic hydroxyl groups excluding tert-OH is 11. The van der Waals surface area contributed by atoms with Crippen LogP contribution < -0.4 is 5.32 Å². The zero-order valence-electron chi connectivity index (χ0n) is 41.2. The molecule has 3 aliphatic rings. The van der Waals surface area contributed by atoms with Gasteiger partial charge in [-0.05, 0) is 57.8 Å². The summed E-state index contributed by atoms with van der Waals surface area (Å²) in [6.45, 7) is 1.48. The fourth-order valence-corrected chi connectivity index (χ4v) is 8.30. The lowest BCUT2D eigenvalue weighted by Gasteiger charge is -2.48. The van der Waals surface area contributed by atoms with Crippen molar-refractivity contribution < 1.29 is 89.4 Å². The average molecular weight is 1000 g/mol. The van der Waals surface area contributed by atoms with Crippen LogP contribution in [0.4, 0.5) is 0 Å². The van der Waals surface area contributed by atoms with E-state index in [4.69, 9.17) is 28.4 Å². The molecule has 70 heavy (non-hydrogen) atoms. The molecular formula is C51H87NO18. The number of rotatable bonds is 34. The maximum Gasteiger partial charge on any atom is 0.220 e. The second kappa shape index (κ2) is 35.6. The van der Waals surface area contributed by atoms with Crippen molar-refractivity contribution in [2.75, 3.05) is 26.4 Å². The molecule has 3 saturated heterocycles. The summed E-state index contributed by atoms with van der Waals surface area (Å²) >= 11 is 0. The smallest absolute Gasteiger partial charge is 0.220 e. The molecule has 0 radical (unpaired) electrons. The van der Waals surface area contributed by atoms with Gasteiger partial charge in [0.05, 0.1) is 38.6 Å². The van der Waals surface area contributed by atoms with Gasteiger partial charge in [0, 0.05) is 6.42 Å². The molecule has 0 aliphatic carbocycles. The zero-order valence-corrected chi connectivity index (χ0v) is 41.2. The van der Waals surface area contributed by atoms with Gasteiger partial charge in [0.2, 0.25) is 5.91 Å². The first-order valence-electron chi connectivity index (χ1n) is 25.5. The molecule has 19 nitrogen and oxygen atoms in total. The van der Waals surface area contributed by atoms with Gasteiger partial charge in [0.15, 0.2) is 18.9 Å². The standard InChI is InChI=1S/C51H87NO18/c1-3-5-7-9-11-13-14-15-16-17-18-19-20-21-23-25-27-29-39(57)52-34(35(56)28-26-24-22-12-10-8-6-4-2)33-65-49-45(63)42(60)47(37(31-54)67-49)70-51-46(64)43(61)48(38(32-55)68-51)69-50-44(62)41(59)40(58)36(30-53)66-50/h5,7,11,13,15-16,18-19,26,28,34-38,40-51,53-56,58-64H,3-4,6,8-10,12,14,17,20-25,27,29-33H2,1-2H3,(H,52,57)/b7-5-,13-11-,16-15-,19-18-,28-26+. The van der Waals surface area contributed by atoms with E-state index in [-0.39, 0.29) is 18.9 Å². The molecule has 3 fully saturated rings. The van der Waals surface area contributed by atoms with Crippen LogP contribution in [-0.4, -0.2) is 193 Å². The Kier molecular flexibility index (Phi) is 31.4. The Hall–Kier alpha value is -2.51. The van der Waals surface area contributed by atoms with Crippen molar-refractivity contribution in [2.24, 2.45) is 0 Å². The van der Waals surface area contributed by atoms with Crippen LogP contribution in [0.3, 0.4) is 0 Å². The molecule has 0 aromatic rings. The molecule has 0 saturated carbocycles. The lowest BCUT2D eigenvalue weighted by atomic mass is 9.96. The van der Waals surface area contributed by atoms with Crippen LogP contribution in [0.5, 0.6) is 0 Å². The van der Waals surface area contributed by atoms with Crippen LogP contribution in [0.15, 0.2) is 60.8 Å². The van der Waals surface area contributed by atoms with Crippen molar-refractivity contribution in [1.82, 2.24) is 5.32 Å². The first-order chi connectivity index (χ1) is 33.8. The second-order valence-corrected chi connectivity index (χ2v) is 18.2. The highest BCUT2D eigenvalue weighted by atomic mass is 16.8. The SMILES string of the molecule is CC/C=C\C/C=C\C/C=C\C/C=C\CCCCCCC(=O)NC(COC1OC(CO)C(OC2OC(CO)C(OC3OC(CO)C(O)C(O)C3O)C(O)C2O)C(O)C1O)C(O)/C=C/CCCCCCCC. The van der Waals surface area contributed by atoms with Gasteiger partial charge in [0.25, 0.3) is 0 Å². The van der Waals surface area contributed by atoms with Crippen molar-refractivity contribution in [2.45, 2.75) is 227 Å². The van der Waals surface area contributed by atoms with E-state index in [1.165, 1.54) is 12.8 Å². The summed E-state index contributed by atoms with van der Waals surface area (Å²) in [6, 6.07) is -0.984. The van der Waals surface area contributed by atoms with Crippen LogP contribution in [-0.2, 0) is 33.2 Å². The van der Waals surface area contributed by atoms with Crippen molar-refractivity contribution in [1.29, 1.82) is 0 Å². The average Bonchev–Trinajstić information content (AvgIpc) is 3.35. The lowest BCUT2D eigenvalue weighted by molar-refractivity contribution is -0.379. The molecule has 17 atom stereocenters. The third-order valence-corrected chi connectivity index (χ3v) is 12.6. The van der Waals surface area contributed by atoms with E-state index in [1.54, 1.807) is 6.08 Å². The van der Waals surface area contributed by atoms with Crippen LogP contribution in [0.1, 0.15) is 123 Å². The largest absolute Gasteiger partial charge is 0.394 e. The maximum atomic E-state index is 13.2. The highest BCUT2D eigenvalue weighted by Crippen LogP contribution is 2.33. The molecule has 404 valence electrons. The monoisotopic (exact) mass is 1000 g/mol. The van der Waals surface area contributed by atoms with E-state index in [0.717, 1.165) is 83.5 Å². The molecule has 0 aromatic carbocycles. The normalized spacial score (nSPS) is 33.1. The van der Waals surface area contributed by atoms with Crippen molar-refractivity contribution in [3.05, 3.63) is 60.8 Å². The summed E-state index contributed by atoms with van der Waals surface area (Å²) in [7, 11) is 0. The van der Waals surface area contributed by atoms with Crippen molar-refractivity contribution in [3.63, 3.8) is 0 Å². The van der Waals surface area contributed by atoms with Gasteiger partial charge in [-0.3, -0.25) is 4.79 Å². The zero-order chi connectivity index (χ0) is 51.3. The Balaban J connectivity index is 1.54. The molecule has 3 rings (SSSR count). The van der Waals surface area contributed by atoms with Crippen molar-refractivity contribution in [3.8, 4) is 0 Å². The summed E-state index contributed by atoms with van der Waals surface area (Å²) in [5, 5.41) is 119. The van der Waals surface area contributed by atoms with Crippen LogP contribution in [0.2, 0.25) is 0 Å². The summed E-state index contributed by atoms with van der Waals surface area (Å²) < 4.78 is 34.0. The van der Waals surface area contributed by atoms with Crippen molar-refractivity contribution >= 4 is 5.91 Å². The summed E-state index contributed by atoms with van der Waals surface area (Å²) in [4.78, 5) is 13.2. The molecular weight excluding hydrogens is 915 g/mol. The highest BCUT2D eigenvalue weighted by molar-refractivity contribution is 5.76. The Morgan fingerprint density at radius 3 is 1.54 bits per heavy atom. The van der Waals surface area contributed by atoms with E-state index < -0.39 is 124 Å². The fraction of sp³-hybridized carbons (Fsp3) is 0.784. The molecule has 19 heteroatoms. The van der Waals surface area contributed by atoms with E-state index in [9.17, 15) is 61.0 Å². The number of aliphatic hydroxyl groups is 11. The maximum absolute atomic E-state index is 13.2. The number of hydrogen-bond acceptors (Lipinski definition) is 18. The minimum absolute atomic E-state index is 0.211. The first kappa shape index (κ1) is 61.8. The number of ether oxygens (including phenoxy) is 6. The van der Waals surface area contributed by atoms with Crippen LogP contribution in [0.25, 0.3) is 0 Å². The Morgan fingerprint density at radius 2 is 0.986 bits per heavy atom. The lowest BCUT2D eigenvalue weighted by Crippen LogP contribution is -2.66. The van der Waals surface area contributed by atoms with E-state index >= 15 is 0 Å². The molecule has 1 amide bonds. The summed E-state index contributed by atoms with van der Waals surface area (Å²) in [5.41, 5.74) is 0. The predicted octanol–water partition coefficient (Wildman–Crippen LogP) is 1.75. The van der Waals surface area contributed by atoms with Gasteiger partial charge in [-0.15, -0.1) is 0 Å². The van der Waals surface area contributed by atoms with Crippen LogP contribution in [0, 0.1) is 0 Å². The number of allylic oxidation sites excluding steroid dienone is 9. The third kappa shape index (κ3) is 21.1. The Bertz CT molecular complexity index is 1530. The van der Waals surface area contributed by atoms with E-state index in [1.807, 2.05) is 6.08 Å². The van der Waals surface area contributed by atoms with Gasteiger partial charge < -0.3 is 89.9 Å². The molecule has 0 bridgehead atoms. The van der Waals surface area contributed by atoms with Gasteiger partial charge in [-0.2, -0.15) is 0 Å². The van der Waals surface area contributed by atoms with E-state index in [0.29, 0.717) is 6.42 Å². The molecule has 3 aliphatic heterocycles. The topological polar surface area (TPSA) is 307 Å². The Morgan fingerprint density at radius 1 is 0.529 bits per heavy atom. The van der Waals surface area contributed by atoms with Crippen LogP contribution >= 0.6 is 0 Å². The Labute approximate surface area is 414 Å². The number of amides is 1. The van der Waals surface area contributed by atoms with Gasteiger partial charge in [-0.25, -0.2) is 0 Å².